The minimum absolute atomic E-state index is 0.246. The molecule has 2 aliphatic rings. The van der Waals surface area contributed by atoms with Crippen LogP contribution in [0.4, 0.5) is 11.5 Å². The molecule has 0 spiro atoms. The highest BCUT2D eigenvalue weighted by Crippen LogP contribution is 2.40. The first-order valence-electron chi connectivity index (χ1n) is 16.5. The molecular weight excluding hydrogens is 643 g/mol. The number of halogens is 2. The Kier molecular flexibility index (Phi) is 8.53. The minimum atomic E-state index is -0.246. The van der Waals surface area contributed by atoms with Crippen LogP contribution in [-0.2, 0) is 13.1 Å². The normalized spacial score (nSPS) is 17.2. The summed E-state index contributed by atoms with van der Waals surface area (Å²) in [6.45, 7) is 7.51. The molecule has 2 fully saturated rings. The van der Waals surface area contributed by atoms with Crippen molar-refractivity contribution in [3.05, 3.63) is 99.8 Å². The Morgan fingerprint density at radius 2 is 1.69 bits per heavy atom. The second-order valence-electron chi connectivity index (χ2n) is 13.0. The molecule has 8 rings (SSSR count). The monoisotopic (exact) mass is 678 g/mol. The van der Waals surface area contributed by atoms with Gasteiger partial charge >= 0.3 is 0 Å². The molecule has 3 aromatic heterocycles. The van der Waals surface area contributed by atoms with Crippen LogP contribution in [-0.4, -0.2) is 62.1 Å². The first-order valence-corrected chi connectivity index (χ1v) is 17.3. The molecule has 244 valence electrons. The first kappa shape index (κ1) is 31.2. The standard InChI is InChI=1S/C38H36Cl2N6O2/c1-23-28(6-4-7-29(23)38-44-33-18-24(17-31(39)36(33)48-38)20-45-13-2-3-14-45)30-8-5-9-32(34(30)40)43-37-35-26(10-12-41-37)16-25(19-42-35)21-46-15-11-27(47)22-46/h4-10,12,16-19,27,47H,2-3,11,13-15,20-22H2,1H3,(H,41,43). The van der Waals surface area contributed by atoms with Gasteiger partial charge in [-0.1, -0.05) is 47.5 Å². The van der Waals surface area contributed by atoms with E-state index in [1.54, 1.807) is 6.20 Å². The summed E-state index contributed by atoms with van der Waals surface area (Å²) in [4.78, 5) is 19.0. The number of benzene rings is 3. The molecule has 2 N–H and O–H groups in total. The van der Waals surface area contributed by atoms with Gasteiger partial charge in [-0.25, -0.2) is 9.97 Å². The average molecular weight is 680 g/mol. The molecule has 0 saturated carbocycles. The number of anilines is 2. The lowest BCUT2D eigenvalue weighted by Crippen LogP contribution is -2.21. The van der Waals surface area contributed by atoms with E-state index in [-0.39, 0.29) is 6.10 Å². The van der Waals surface area contributed by atoms with Crippen molar-refractivity contribution in [1.29, 1.82) is 0 Å². The van der Waals surface area contributed by atoms with Crippen LogP contribution in [0.2, 0.25) is 10.0 Å². The number of nitrogens with one attached hydrogen (secondary N) is 1. The van der Waals surface area contributed by atoms with Crippen LogP contribution < -0.4 is 5.32 Å². The fourth-order valence-corrected chi connectivity index (χ4v) is 7.62. The number of aliphatic hydroxyl groups excluding tert-OH is 1. The van der Waals surface area contributed by atoms with E-state index in [4.69, 9.17) is 37.6 Å². The van der Waals surface area contributed by atoms with Crippen LogP contribution in [0.1, 0.15) is 36.0 Å². The molecule has 1 unspecified atom stereocenters. The van der Waals surface area contributed by atoms with Gasteiger partial charge in [-0.2, -0.15) is 0 Å². The average Bonchev–Trinajstić information content (AvgIpc) is 3.84. The van der Waals surface area contributed by atoms with Crippen LogP contribution in [0.15, 0.2) is 77.5 Å². The zero-order chi connectivity index (χ0) is 32.8. The van der Waals surface area contributed by atoms with Crippen molar-refractivity contribution in [2.45, 2.75) is 45.4 Å². The molecule has 48 heavy (non-hydrogen) atoms. The molecule has 2 aliphatic heterocycles. The molecule has 0 radical (unpaired) electrons. The van der Waals surface area contributed by atoms with Crippen molar-refractivity contribution < 1.29 is 9.52 Å². The van der Waals surface area contributed by atoms with Gasteiger partial charge in [0.15, 0.2) is 11.4 Å². The molecule has 0 amide bonds. The Morgan fingerprint density at radius 1 is 0.896 bits per heavy atom. The third kappa shape index (κ3) is 6.15. The van der Waals surface area contributed by atoms with Gasteiger partial charge in [0, 0.05) is 55.1 Å². The summed E-state index contributed by atoms with van der Waals surface area (Å²) >= 11 is 13.8. The van der Waals surface area contributed by atoms with Gasteiger partial charge in [0.25, 0.3) is 0 Å². The number of fused-ring (bicyclic) bond motifs is 2. The zero-order valence-electron chi connectivity index (χ0n) is 26.7. The predicted octanol–water partition coefficient (Wildman–Crippen LogP) is 8.63. The van der Waals surface area contributed by atoms with E-state index in [9.17, 15) is 5.11 Å². The predicted molar refractivity (Wildman–Crippen MR) is 193 cm³/mol. The summed E-state index contributed by atoms with van der Waals surface area (Å²) in [6, 6.07) is 20.2. The van der Waals surface area contributed by atoms with Crippen LogP contribution in [0, 0.1) is 6.92 Å². The van der Waals surface area contributed by atoms with Crippen LogP contribution >= 0.6 is 23.2 Å². The van der Waals surface area contributed by atoms with Crippen LogP contribution in [0.5, 0.6) is 0 Å². The first-order chi connectivity index (χ1) is 23.4. The maximum atomic E-state index is 9.91. The number of nitrogens with zero attached hydrogens (tertiary/aromatic N) is 5. The maximum Gasteiger partial charge on any atom is 0.227 e. The Bertz CT molecular complexity index is 2140. The number of aromatic nitrogens is 3. The van der Waals surface area contributed by atoms with Gasteiger partial charge in [-0.15, -0.1) is 0 Å². The van der Waals surface area contributed by atoms with Crippen molar-refractivity contribution >= 4 is 56.7 Å². The number of aliphatic hydroxyl groups is 1. The van der Waals surface area contributed by atoms with Crippen molar-refractivity contribution in [2.75, 3.05) is 31.5 Å². The second-order valence-corrected chi connectivity index (χ2v) is 13.7. The van der Waals surface area contributed by atoms with Crippen molar-refractivity contribution in [2.24, 2.45) is 0 Å². The van der Waals surface area contributed by atoms with Crippen LogP contribution in [0.3, 0.4) is 0 Å². The van der Waals surface area contributed by atoms with Gasteiger partial charge in [-0.3, -0.25) is 14.8 Å². The molecule has 0 bridgehead atoms. The van der Waals surface area contributed by atoms with Gasteiger partial charge in [-0.05, 0) is 97.9 Å². The van der Waals surface area contributed by atoms with E-state index in [0.29, 0.717) is 33.9 Å². The molecule has 5 heterocycles. The fraction of sp³-hybridized carbons (Fsp3) is 0.289. The maximum absolute atomic E-state index is 9.91. The lowest BCUT2D eigenvalue weighted by molar-refractivity contribution is 0.175. The van der Waals surface area contributed by atoms with Crippen LogP contribution in [0.25, 0.3) is 44.6 Å². The molecule has 8 nitrogen and oxygen atoms in total. The van der Waals surface area contributed by atoms with E-state index in [2.05, 4.69) is 45.2 Å². The molecule has 3 aromatic carbocycles. The topological polar surface area (TPSA) is 90.6 Å². The SMILES string of the molecule is Cc1c(-c2nc3cc(CN4CCCC4)cc(Cl)c3o2)cccc1-c1cccc(Nc2nccc3cc(CN4CCC(O)C4)cnc23)c1Cl. The Morgan fingerprint density at radius 3 is 2.52 bits per heavy atom. The summed E-state index contributed by atoms with van der Waals surface area (Å²) in [5.74, 6) is 1.16. The molecule has 0 aliphatic carbocycles. The number of hydrogen-bond acceptors (Lipinski definition) is 8. The Balaban J connectivity index is 1.08. The summed E-state index contributed by atoms with van der Waals surface area (Å²) in [5, 5.41) is 15.5. The number of rotatable bonds is 8. The Hall–Kier alpha value is -4.05. The number of β-amino-alcohol motifs (C(OH)–C–C–N with tert-alkyl or cyclic N) is 1. The summed E-state index contributed by atoms with van der Waals surface area (Å²) in [7, 11) is 0. The molecular formula is C38H36Cl2N6O2. The summed E-state index contributed by atoms with van der Waals surface area (Å²) < 4.78 is 6.27. The zero-order valence-corrected chi connectivity index (χ0v) is 28.2. The number of oxazole rings is 1. The smallest absolute Gasteiger partial charge is 0.227 e. The molecule has 6 aromatic rings. The van der Waals surface area contributed by atoms with Crippen molar-refractivity contribution in [1.82, 2.24) is 24.8 Å². The lowest BCUT2D eigenvalue weighted by atomic mass is 9.96. The molecule has 10 heteroatoms. The third-order valence-electron chi connectivity index (χ3n) is 9.53. The number of pyridine rings is 2. The van der Waals surface area contributed by atoms with Gasteiger partial charge in [0.05, 0.1) is 21.8 Å². The van der Waals surface area contributed by atoms with E-state index in [1.165, 1.54) is 12.8 Å². The summed E-state index contributed by atoms with van der Waals surface area (Å²) in [6.07, 6.45) is 6.72. The Labute approximate surface area is 289 Å². The van der Waals surface area contributed by atoms with Gasteiger partial charge in [0.2, 0.25) is 5.89 Å². The highest BCUT2D eigenvalue weighted by Gasteiger charge is 2.22. The number of likely N-dealkylation sites (tertiary alicyclic amines) is 2. The highest BCUT2D eigenvalue weighted by atomic mass is 35.5. The highest BCUT2D eigenvalue weighted by molar-refractivity contribution is 6.36. The number of hydrogen-bond donors (Lipinski definition) is 2. The molecule has 2 saturated heterocycles. The fourth-order valence-electron chi connectivity index (χ4n) is 7.07. The minimum Gasteiger partial charge on any atom is -0.434 e. The van der Waals surface area contributed by atoms with Crippen molar-refractivity contribution in [3.63, 3.8) is 0 Å². The lowest BCUT2D eigenvalue weighted by Gasteiger charge is -2.16. The largest absolute Gasteiger partial charge is 0.434 e. The summed E-state index contributed by atoms with van der Waals surface area (Å²) in [5.41, 5.74) is 8.85. The van der Waals surface area contributed by atoms with E-state index < -0.39 is 0 Å². The van der Waals surface area contributed by atoms with E-state index in [0.717, 1.165) is 94.6 Å². The third-order valence-corrected chi connectivity index (χ3v) is 10.2. The van der Waals surface area contributed by atoms with E-state index in [1.807, 2.05) is 48.7 Å². The van der Waals surface area contributed by atoms with Gasteiger partial charge < -0.3 is 14.8 Å². The molecule has 1 atom stereocenters. The van der Waals surface area contributed by atoms with Crippen molar-refractivity contribution in [3.8, 4) is 22.6 Å². The van der Waals surface area contributed by atoms with Gasteiger partial charge in [0.1, 0.15) is 11.0 Å². The quantitative estimate of drug-likeness (QED) is 0.165. The van der Waals surface area contributed by atoms with E-state index >= 15 is 0 Å². The second kappa shape index (κ2) is 13.1.